The van der Waals surface area contributed by atoms with E-state index in [0.717, 1.165) is 12.0 Å². The highest BCUT2D eigenvalue weighted by atomic mass is 16.4. The minimum atomic E-state index is -0.187. The van der Waals surface area contributed by atoms with E-state index in [1.165, 1.54) is 0 Å². The van der Waals surface area contributed by atoms with E-state index in [-0.39, 0.29) is 17.7 Å². The lowest BCUT2D eigenvalue weighted by Crippen LogP contribution is -2.36. The second-order valence-corrected chi connectivity index (χ2v) is 4.62. The molecule has 0 saturated heterocycles. The van der Waals surface area contributed by atoms with Gasteiger partial charge in [-0.25, -0.2) is 0 Å². The third-order valence-corrected chi connectivity index (χ3v) is 3.14. The van der Waals surface area contributed by atoms with Gasteiger partial charge >= 0.3 is 0 Å². The number of benzene rings is 1. The van der Waals surface area contributed by atoms with Crippen molar-refractivity contribution >= 4 is 11.7 Å². The number of nitrogens with two attached hydrogens (primary N) is 1. The number of amidine groups is 1. The molecule has 0 aliphatic rings. The molecule has 0 radical (unpaired) electrons. The fourth-order valence-electron chi connectivity index (χ4n) is 1.93. The first-order chi connectivity index (χ1) is 9.01. The summed E-state index contributed by atoms with van der Waals surface area (Å²) in [5.74, 6) is -0.105. The SMILES string of the molecule is CCc1ccccc1C(=O)N(C)CC(C)/C(N)=N/O. The highest BCUT2D eigenvalue weighted by Gasteiger charge is 2.18. The summed E-state index contributed by atoms with van der Waals surface area (Å²) in [6.45, 7) is 4.24. The third kappa shape index (κ3) is 3.71. The van der Waals surface area contributed by atoms with Crippen LogP contribution < -0.4 is 5.73 Å². The third-order valence-electron chi connectivity index (χ3n) is 3.14. The van der Waals surface area contributed by atoms with Crippen LogP contribution >= 0.6 is 0 Å². The topological polar surface area (TPSA) is 78.9 Å². The molecule has 3 N–H and O–H groups in total. The van der Waals surface area contributed by atoms with Gasteiger partial charge in [-0.1, -0.05) is 37.2 Å². The number of rotatable bonds is 5. The number of nitrogens with zero attached hydrogens (tertiary/aromatic N) is 2. The highest BCUT2D eigenvalue weighted by molar-refractivity contribution is 5.96. The summed E-state index contributed by atoms with van der Waals surface area (Å²) in [4.78, 5) is 13.9. The van der Waals surface area contributed by atoms with Crippen molar-refractivity contribution < 1.29 is 10.0 Å². The molecule has 0 saturated carbocycles. The fraction of sp³-hybridized carbons (Fsp3) is 0.429. The standard InChI is InChI=1S/C14H21N3O2/c1-4-11-7-5-6-8-12(11)14(18)17(3)9-10(2)13(15)16-19/h5-8,10,19H,4,9H2,1-3H3,(H2,15,16). The predicted molar refractivity (Wildman–Crippen MR) is 75.4 cm³/mol. The summed E-state index contributed by atoms with van der Waals surface area (Å²) in [6, 6.07) is 7.56. The molecule has 19 heavy (non-hydrogen) atoms. The average Bonchev–Trinajstić information content (AvgIpc) is 2.45. The Morgan fingerprint density at radius 3 is 2.68 bits per heavy atom. The molecule has 0 aromatic heterocycles. The van der Waals surface area contributed by atoms with Crippen molar-refractivity contribution in [2.24, 2.45) is 16.8 Å². The van der Waals surface area contributed by atoms with Crippen LogP contribution in [0.1, 0.15) is 29.8 Å². The maximum Gasteiger partial charge on any atom is 0.253 e. The van der Waals surface area contributed by atoms with Gasteiger partial charge in [0.05, 0.1) is 0 Å². The Labute approximate surface area is 113 Å². The van der Waals surface area contributed by atoms with Gasteiger partial charge in [0, 0.05) is 25.1 Å². The van der Waals surface area contributed by atoms with Crippen LogP contribution in [0.4, 0.5) is 0 Å². The van der Waals surface area contributed by atoms with E-state index in [0.29, 0.717) is 12.1 Å². The van der Waals surface area contributed by atoms with E-state index >= 15 is 0 Å². The molecule has 1 unspecified atom stereocenters. The van der Waals surface area contributed by atoms with Crippen molar-refractivity contribution in [2.75, 3.05) is 13.6 Å². The average molecular weight is 263 g/mol. The molecule has 0 aliphatic carbocycles. The molecule has 0 bridgehead atoms. The van der Waals surface area contributed by atoms with Gasteiger partial charge in [0.1, 0.15) is 5.84 Å². The van der Waals surface area contributed by atoms with Crippen LogP contribution in [0.5, 0.6) is 0 Å². The van der Waals surface area contributed by atoms with E-state index in [1.807, 2.05) is 38.1 Å². The van der Waals surface area contributed by atoms with Gasteiger partial charge < -0.3 is 15.8 Å². The number of hydrogen-bond donors (Lipinski definition) is 2. The van der Waals surface area contributed by atoms with Crippen molar-refractivity contribution in [1.82, 2.24) is 4.90 Å². The molecule has 0 spiro atoms. The molecule has 1 aromatic carbocycles. The zero-order valence-electron chi connectivity index (χ0n) is 11.6. The van der Waals surface area contributed by atoms with E-state index in [1.54, 1.807) is 11.9 Å². The number of aryl methyl sites for hydroxylation is 1. The Balaban J connectivity index is 2.82. The Morgan fingerprint density at radius 2 is 2.11 bits per heavy atom. The lowest BCUT2D eigenvalue weighted by atomic mass is 10.0. The van der Waals surface area contributed by atoms with Crippen LogP contribution in [0.2, 0.25) is 0 Å². The number of carbonyl (C=O) groups excluding carboxylic acids is 1. The summed E-state index contributed by atoms with van der Waals surface area (Å²) >= 11 is 0. The molecule has 0 fully saturated rings. The molecular weight excluding hydrogens is 242 g/mol. The monoisotopic (exact) mass is 263 g/mol. The summed E-state index contributed by atoms with van der Waals surface area (Å²) < 4.78 is 0. The molecule has 1 amide bonds. The molecule has 1 atom stereocenters. The zero-order chi connectivity index (χ0) is 14.4. The lowest BCUT2D eigenvalue weighted by Gasteiger charge is -2.22. The van der Waals surface area contributed by atoms with Crippen molar-refractivity contribution in [3.05, 3.63) is 35.4 Å². The first kappa shape index (κ1) is 15.0. The largest absolute Gasteiger partial charge is 0.409 e. The van der Waals surface area contributed by atoms with Gasteiger partial charge in [-0.2, -0.15) is 0 Å². The Kier molecular flexibility index (Phi) is 5.36. The minimum absolute atomic E-state index is 0.0463. The van der Waals surface area contributed by atoms with Crippen molar-refractivity contribution in [2.45, 2.75) is 20.3 Å². The Bertz CT molecular complexity index is 472. The molecular formula is C14H21N3O2. The lowest BCUT2D eigenvalue weighted by molar-refractivity contribution is 0.0785. The Morgan fingerprint density at radius 1 is 1.47 bits per heavy atom. The Hall–Kier alpha value is -2.04. The first-order valence-corrected chi connectivity index (χ1v) is 6.32. The predicted octanol–water partition coefficient (Wildman–Crippen LogP) is 1.70. The summed E-state index contributed by atoms with van der Waals surface area (Å²) in [6.07, 6.45) is 0.811. The van der Waals surface area contributed by atoms with Crippen molar-refractivity contribution in [1.29, 1.82) is 0 Å². The van der Waals surface area contributed by atoms with E-state index in [9.17, 15) is 4.79 Å². The van der Waals surface area contributed by atoms with Gasteiger partial charge in [0.15, 0.2) is 0 Å². The number of amides is 1. The van der Waals surface area contributed by atoms with Gasteiger partial charge in [0.2, 0.25) is 0 Å². The maximum absolute atomic E-state index is 12.4. The summed E-state index contributed by atoms with van der Waals surface area (Å²) in [5.41, 5.74) is 7.25. The van der Waals surface area contributed by atoms with Gasteiger partial charge in [-0.15, -0.1) is 0 Å². The molecule has 5 heteroatoms. The smallest absolute Gasteiger partial charge is 0.253 e. The number of carbonyl (C=O) groups is 1. The zero-order valence-corrected chi connectivity index (χ0v) is 11.6. The summed E-state index contributed by atoms with van der Waals surface area (Å²) in [7, 11) is 1.72. The van der Waals surface area contributed by atoms with E-state index in [4.69, 9.17) is 10.9 Å². The second kappa shape index (κ2) is 6.78. The molecule has 0 heterocycles. The minimum Gasteiger partial charge on any atom is -0.409 e. The van der Waals surface area contributed by atoms with Crippen LogP contribution in [-0.4, -0.2) is 35.4 Å². The van der Waals surface area contributed by atoms with Crippen LogP contribution in [0.25, 0.3) is 0 Å². The van der Waals surface area contributed by atoms with Crippen LogP contribution in [-0.2, 0) is 6.42 Å². The van der Waals surface area contributed by atoms with Crippen molar-refractivity contribution in [3.63, 3.8) is 0 Å². The van der Waals surface area contributed by atoms with Gasteiger partial charge in [0.25, 0.3) is 5.91 Å². The molecule has 0 aliphatic heterocycles. The fourth-order valence-corrected chi connectivity index (χ4v) is 1.93. The van der Waals surface area contributed by atoms with Crippen LogP contribution in [0.3, 0.4) is 0 Å². The number of hydrogen-bond acceptors (Lipinski definition) is 3. The molecule has 5 nitrogen and oxygen atoms in total. The first-order valence-electron chi connectivity index (χ1n) is 6.32. The second-order valence-electron chi connectivity index (χ2n) is 4.62. The van der Waals surface area contributed by atoms with E-state index in [2.05, 4.69) is 5.16 Å². The molecule has 1 aromatic rings. The molecule has 1 rings (SSSR count). The normalized spacial score (nSPS) is 13.1. The van der Waals surface area contributed by atoms with E-state index < -0.39 is 0 Å². The van der Waals surface area contributed by atoms with Gasteiger partial charge in [-0.3, -0.25) is 4.79 Å². The maximum atomic E-state index is 12.4. The number of oxime groups is 1. The van der Waals surface area contributed by atoms with Gasteiger partial charge in [-0.05, 0) is 18.1 Å². The molecule has 104 valence electrons. The van der Waals surface area contributed by atoms with Crippen LogP contribution in [0, 0.1) is 5.92 Å². The van der Waals surface area contributed by atoms with Crippen LogP contribution in [0.15, 0.2) is 29.4 Å². The quantitative estimate of drug-likeness (QED) is 0.367. The van der Waals surface area contributed by atoms with Crippen molar-refractivity contribution in [3.8, 4) is 0 Å². The summed E-state index contributed by atoms with van der Waals surface area (Å²) in [5, 5.41) is 11.6. The highest BCUT2D eigenvalue weighted by Crippen LogP contribution is 2.12.